The summed E-state index contributed by atoms with van der Waals surface area (Å²) in [5.74, 6) is -1.36. The Hall–Kier alpha value is -1.93. The molecule has 90 valence electrons. The minimum absolute atomic E-state index is 0.131. The Balaban J connectivity index is 2.37. The molecule has 0 aromatic heterocycles. The second-order valence-electron chi connectivity index (χ2n) is 3.56. The van der Waals surface area contributed by atoms with Gasteiger partial charge in [0.2, 0.25) is 0 Å². The number of anilines is 2. The summed E-state index contributed by atoms with van der Waals surface area (Å²) >= 11 is 3.08. The first-order chi connectivity index (χ1) is 8.60. The third-order valence-electron chi connectivity index (χ3n) is 2.27. The Morgan fingerprint density at radius 1 is 1.17 bits per heavy atom. The Labute approximate surface area is 111 Å². The summed E-state index contributed by atoms with van der Waals surface area (Å²) in [6, 6.07) is 10.5. The summed E-state index contributed by atoms with van der Waals surface area (Å²) in [6.07, 6.45) is 0. The third-order valence-corrected chi connectivity index (χ3v) is 2.89. The van der Waals surface area contributed by atoms with Crippen molar-refractivity contribution in [3.05, 3.63) is 58.1 Å². The van der Waals surface area contributed by atoms with Gasteiger partial charge in [-0.2, -0.15) is 5.26 Å². The molecule has 18 heavy (non-hydrogen) atoms. The van der Waals surface area contributed by atoms with Crippen molar-refractivity contribution < 1.29 is 8.78 Å². The van der Waals surface area contributed by atoms with Crippen molar-refractivity contribution in [2.24, 2.45) is 0 Å². The second kappa shape index (κ2) is 5.15. The quantitative estimate of drug-likeness (QED) is 0.895. The lowest BCUT2D eigenvalue weighted by molar-refractivity contribution is 0.584. The van der Waals surface area contributed by atoms with Crippen LogP contribution in [0.5, 0.6) is 0 Å². The van der Waals surface area contributed by atoms with Gasteiger partial charge in [0.1, 0.15) is 5.82 Å². The summed E-state index contributed by atoms with van der Waals surface area (Å²) < 4.78 is 26.8. The van der Waals surface area contributed by atoms with Crippen LogP contribution in [0.25, 0.3) is 0 Å². The molecule has 2 aromatic rings. The number of rotatable bonds is 2. The van der Waals surface area contributed by atoms with Gasteiger partial charge in [-0.25, -0.2) is 8.78 Å². The Morgan fingerprint density at radius 3 is 2.61 bits per heavy atom. The van der Waals surface area contributed by atoms with Gasteiger partial charge in [0.25, 0.3) is 0 Å². The minimum atomic E-state index is -0.704. The number of hydrogen-bond donors (Lipinski definition) is 1. The Morgan fingerprint density at radius 2 is 1.94 bits per heavy atom. The normalized spacial score (nSPS) is 9.89. The van der Waals surface area contributed by atoms with Crippen LogP contribution in [-0.2, 0) is 0 Å². The molecule has 0 radical (unpaired) electrons. The van der Waals surface area contributed by atoms with E-state index in [2.05, 4.69) is 21.2 Å². The van der Waals surface area contributed by atoms with E-state index in [9.17, 15) is 8.78 Å². The predicted molar refractivity (Wildman–Crippen MR) is 68.5 cm³/mol. The van der Waals surface area contributed by atoms with E-state index in [-0.39, 0.29) is 10.2 Å². The average molecular weight is 309 g/mol. The van der Waals surface area contributed by atoms with E-state index in [0.29, 0.717) is 11.3 Å². The van der Waals surface area contributed by atoms with Crippen LogP contribution < -0.4 is 5.32 Å². The van der Waals surface area contributed by atoms with Crippen molar-refractivity contribution >= 4 is 27.3 Å². The monoisotopic (exact) mass is 308 g/mol. The van der Waals surface area contributed by atoms with Gasteiger partial charge < -0.3 is 5.32 Å². The van der Waals surface area contributed by atoms with Crippen LogP contribution in [0.1, 0.15) is 5.56 Å². The van der Waals surface area contributed by atoms with Crippen LogP contribution in [0.4, 0.5) is 20.2 Å². The lowest BCUT2D eigenvalue weighted by Gasteiger charge is -2.10. The lowest BCUT2D eigenvalue weighted by Crippen LogP contribution is -1.96. The fourth-order valence-electron chi connectivity index (χ4n) is 1.47. The topological polar surface area (TPSA) is 35.8 Å². The van der Waals surface area contributed by atoms with E-state index < -0.39 is 11.6 Å². The highest BCUT2D eigenvalue weighted by Gasteiger charge is 2.09. The molecule has 0 bridgehead atoms. The zero-order valence-corrected chi connectivity index (χ0v) is 10.6. The lowest BCUT2D eigenvalue weighted by atomic mass is 10.2. The number of hydrogen-bond acceptors (Lipinski definition) is 2. The molecule has 0 atom stereocenters. The van der Waals surface area contributed by atoms with Crippen molar-refractivity contribution in [2.45, 2.75) is 0 Å². The summed E-state index contributed by atoms with van der Waals surface area (Å²) in [6.45, 7) is 0. The number of halogens is 3. The van der Waals surface area contributed by atoms with E-state index in [1.54, 1.807) is 24.3 Å². The molecule has 2 aromatic carbocycles. The Bertz CT molecular complexity index is 612. The summed E-state index contributed by atoms with van der Waals surface area (Å²) in [5, 5.41) is 11.6. The van der Waals surface area contributed by atoms with Crippen molar-refractivity contribution in [2.75, 3.05) is 5.32 Å². The molecular formula is C13H7BrF2N2. The zero-order valence-electron chi connectivity index (χ0n) is 9.05. The van der Waals surface area contributed by atoms with E-state index in [0.717, 1.165) is 6.07 Å². The van der Waals surface area contributed by atoms with Gasteiger partial charge in [-0.05, 0) is 40.2 Å². The molecule has 0 saturated heterocycles. The highest BCUT2D eigenvalue weighted by Crippen LogP contribution is 2.29. The fourth-order valence-corrected chi connectivity index (χ4v) is 1.98. The summed E-state index contributed by atoms with van der Waals surface area (Å²) in [7, 11) is 0. The molecule has 2 nitrogen and oxygen atoms in total. The largest absolute Gasteiger partial charge is 0.352 e. The van der Waals surface area contributed by atoms with Crippen LogP contribution in [0.2, 0.25) is 0 Å². The summed E-state index contributed by atoms with van der Waals surface area (Å²) in [5.41, 5.74) is 1.14. The molecule has 1 N–H and O–H groups in total. The predicted octanol–water partition coefficient (Wildman–Crippen LogP) is 4.34. The van der Waals surface area contributed by atoms with Crippen LogP contribution in [-0.4, -0.2) is 0 Å². The third kappa shape index (κ3) is 2.66. The maximum Gasteiger partial charge on any atom is 0.150 e. The van der Waals surface area contributed by atoms with Gasteiger partial charge in [-0.15, -0.1) is 0 Å². The van der Waals surface area contributed by atoms with Gasteiger partial charge in [0.15, 0.2) is 5.82 Å². The highest BCUT2D eigenvalue weighted by molar-refractivity contribution is 9.10. The molecule has 2 rings (SSSR count). The highest BCUT2D eigenvalue weighted by atomic mass is 79.9. The van der Waals surface area contributed by atoms with E-state index in [1.165, 1.54) is 6.07 Å². The Kier molecular flexibility index (Phi) is 3.58. The first-order valence-corrected chi connectivity index (χ1v) is 5.81. The number of nitriles is 1. The maximum absolute atomic E-state index is 13.6. The van der Waals surface area contributed by atoms with Crippen molar-refractivity contribution in [1.82, 2.24) is 0 Å². The fraction of sp³-hybridized carbons (Fsp3) is 0. The zero-order chi connectivity index (χ0) is 13.1. The molecule has 5 heteroatoms. The van der Waals surface area contributed by atoms with E-state index in [1.807, 2.05) is 6.07 Å². The standard InChI is InChI=1S/C13H7BrF2N2/c14-11-5-9(15)6-12(16)13(11)18-10-3-1-2-8(4-10)7-17/h1-6,18H. The van der Waals surface area contributed by atoms with Crippen molar-refractivity contribution in [3.63, 3.8) is 0 Å². The molecule has 0 saturated carbocycles. The smallest absolute Gasteiger partial charge is 0.150 e. The maximum atomic E-state index is 13.6. The van der Waals surface area contributed by atoms with Crippen molar-refractivity contribution in [1.29, 1.82) is 5.26 Å². The molecular weight excluding hydrogens is 302 g/mol. The van der Waals surface area contributed by atoms with Gasteiger partial charge in [0.05, 0.1) is 17.3 Å². The molecule has 0 aliphatic rings. The second-order valence-corrected chi connectivity index (χ2v) is 4.42. The molecule has 0 heterocycles. The van der Waals surface area contributed by atoms with E-state index in [4.69, 9.17) is 5.26 Å². The van der Waals surface area contributed by atoms with Crippen LogP contribution >= 0.6 is 15.9 Å². The molecule has 0 aliphatic heterocycles. The van der Waals surface area contributed by atoms with Crippen LogP contribution in [0, 0.1) is 23.0 Å². The molecule has 0 spiro atoms. The number of nitrogens with one attached hydrogen (secondary N) is 1. The first-order valence-electron chi connectivity index (χ1n) is 5.02. The molecule has 0 unspecified atom stereocenters. The van der Waals surface area contributed by atoms with Crippen molar-refractivity contribution in [3.8, 4) is 6.07 Å². The first kappa shape index (κ1) is 12.5. The van der Waals surface area contributed by atoms with Gasteiger partial charge in [-0.3, -0.25) is 0 Å². The van der Waals surface area contributed by atoms with E-state index >= 15 is 0 Å². The van der Waals surface area contributed by atoms with Gasteiger partial charge in [-0.1, -0.05) is 6.07 Å². The van der Waals surface area contributed by atoms with Crippen LogP contribution in [0.3, 0.4) is 0 Å². The van der Waals surface area contributed by atoms with Crippen LogP contribution in [0.15, 0.2) is 40.9 Å². The minimum Gasteiger partial charge on any atom is -0.352 e. The molecule has 0 fully saturated rings. The molecule has 0 aliphatic carbocycles. The SMILES string of the molecule is N#Cc1cccc(Nc2c(F)cc(F)cc2Br)c1. The van der Waals surface area contributed by atoms with Gasteiger partial charge >= 0.3 is 0 Å². The average Bonchev–Trinajstić information content (AvgIpc) is 2.34. The summed E-state index contributed by atoms with van der Waals surface area (Å²) in [4.78, 5) is 0. The van der Waals surface area contributed by atoms with Gasteiger partial charge in [0, 0.05) is 16.2 Å². The molecule has 0 amide bonds. The number of benzene rings is 2. The number of nitrogens with zero attached hydrogens (tertiary/aromatic N) is 1.